The van der Waals surface area contributed by atoms with Crippen LogP contribution in [-0.4, -0.2) is 115 Å². The molecule has 11 nitrogen and oxygen atoms in total. The van der Waals surface area contributed by atoms with Crippen LogP contribution >= 0.6 is 0 Å². The summed E-state index contributed by atoms with van der Waals surface area (Å²) in [7, 11) is 0. The first-order chi connectivity index (χ1) is 10.8. The third-order valence-corrected chi connectivity index (χ3v) is 3.97. The fraction of sp³-hybridized carbons (Fsp3) is 1.00. The fourth-order valence-electron chi connectivity index (χ4n) is 2.49. The van der Waals surface area contributed by atoms with Crippen molar-refractivity contribution in [3.63, 3.8) is 0 Å². The summed E-state index contributed by atoms with van der Waals surface area (Å²) < 4.78 is 15.3. The van der Waals surface area contributed by atoms with Crippen molar-refractivity contribution in [2.45, 2.75) is 61.4 Å². The Morgan fingerprint density at radius 2 is 0.913 bits per heavy atom. The molecule has 0 aliphatic carbocycles. The quantitative estimate of drug-likeness (QED) is 0.243. The lowest BCUT2D eigenvalue weighted by Gasteiger charge is -2.44. The summed E-state index contributed by atoms with van der Waals surface area (Å²) in [6.07, 6.45) is -15.6. The van der Waals surface area contributed by atoms with Crippen LogP contribution in [0, 0.1) is 0 Å². The van der Waals surface area contributed by atoms with Crippen molar-refractivity contribution in [2.75, 3.05) is 13.2 Å². The molecule has 0 spiro atoms. The molecule has 8 N–H and O–H groups in total. The highest BCUT2D eigenvalue weighted by Crippen LogP contribution is 2.27. The van der Waals surface area contributed by atoms with Crippen LogP contribution in [0.5, 0.6) is 0 Å². The summed E-state index contributed by atoms with van der Waals surface area (Å²) in [6.45, 7) is -1.33. The Balaban J connectivity index is 2.07. The zero-order chi connectivity index (χ0) is 17.3. The summed E-state index contributed by atoms with van der Waals surface area (Å²) in [5.74, 6) is 0. The van der Waals surface area contributed by atoms with E-state index in [1.807, 2.05) is 0 Å². The Morgan fingerprint density at radius 3 is 1.22 bits per heavy atom. The predicted molar refractivity (Wildman–Crippen MR) is 68.6 cm³/mol. The molecule has 0 aromatic heterocycles. The molecule has 23 heavy (non-hydrogen) atoms. The highest BCUT2D eigenvalue weighted by Gasteiger charge is 2.49. The van der Waals surface area contributed by atoms with Gasteiger partial charge in [0.2, 0.25) is 0 Å². The normalized spacial score (nSPS) is 51.7. The van der Waals surface area contributed by atoms with E-state index >= 15 is 0 Å². The Labute approximate surface area is 130 Å². The number of hydrogen-bond acceptors (Lipinski definition) is 11. The second-order valence-corrected chi connectivity index (χ2v) is 5.53. The van der Waals surface area contributed by atoms with Crippen molar-refractivity contribution >= 4 is 0 Å². The first-order valence-electron chi connectivity index (χ1n) is 7.08. The minimum Gasteiger partial charge on any atom is -0.394 e. The van der Waals surface area contributed by atoms with Gasteiger partial charge in [-0.3, -0.25) is 0 Å². The molecule has 0 bridgehead atoms. The number of rotatable bonds is 4. The van der Waals surface area contributed by atoms with Crippen LogP contribution in [0.2, 0.25) is 0 Å². The molecule has 2 aliphatic rings. The van der Waals surface area contributed by atoms with E-state index in [4.69, 9.17) is 24.4 Å². The van der Waals surface area contributed by atoms with Gasteiger partial charge in [-0.2, -0.15) is 0 Å². The lowest BCUT2D eigenvalue weighted by atomic mass is 9.98. The van der Waals surface area contributed by atoms with Gasteiger partial charge in [0, 0.05) is 0 Å². The van der Waals surface area contributed by atoms with E-state index in [9.17, 15) is 30.6 Å². The number of aliphatic hydroxyl groups is 8. The molecule has 0 radical (unpaired) electrons. The van der Waals surface area contributed by atoms with E-state index in [2.05, 4.69) is 0 Å². The molecular formula is C12H22O11. The minimum atomic E-state index is -1.72. The van der Waals surface area contributed by atoms with Gasteiger partial charge in [-0.1, -0.05) is 0 Å². The monoisotopic (exact) mass is 342 g/mol. The Kier molecular flexibility index (Phi) is 6.27. The van der Waals surface area contributed by atoms with Crippen LogP contribution in [0.15, 0.2) is 0 Å². The van der Waals surface area contributed by atoms with E-state index in [1.165, 1.54) is 0 Å². The SMILES string of the molecule is OC[C@@H]1O[C@@H](O[C@H]2O[C@@H](CO)[C@@H](O)[C@@H](O)[C@H]2O)[C@@H](O)[C@@H](O)[C@@H]1O. The van der Waals surface area contributed by atoms with Crippen LogP contribution < -0.4 is 0 Å². The number of hydrogen-bond donors (Lipinski definition) is 8. The van der Waals surface area contributed by atoms with Crippen molar-refractivity contribution < 1.29 is 55.1 Å². The molecule has 0 saturated carbocycles. The predicted octanol–water partition coefficient (Wildman–Crippen LogP) is -5.40. The fourth-order valence-corrected chi connectivity index (χ4v) is 2.49. The number of aliphatic hydroxyl groups excluding tert-OH is 8. The van der Waals surface area contributed by atoms with E-state index < -0.39 is 74.6 Å². The second-order valence-electron chi connectivity index (χ2n) is 5.53. The van der Waals surface area contributed by atoms with Crippen molar-refractivity contribution in [1.29, 1.82) is 0 Å². The van der Waals surface area contributed by atoms with Gasteiger partial charge in [-0.25, -0.2) is 0 Å². The van der Waals surface area contributed by atoms with Gasteiger partial charge in [-0.15, -0.1) is 0 Å². The molecule has 10 atom stereocenters. The highest BCUT2D eigenvalue weighted by molar-refractivity contribution is 4.92. The van der Waals surface area contributed by atoms with Crippen molar-refractivity contribution in [3.05, 3.63) is 0 Å². The third-order valence-electron chi connectivity index (χ3n) is 3.97. The highest BCUT2D eigenvalue weighted by atomic mass is 16.8. The summed E-state index contributed by atoms with van der Waals surface area (Å²) in [6, 6.07) is 0. The zero-order valence-electron chi connectivity index (χ0n) is 12.0. The largest absolute Gasteiger partial charge is 0.394 e. The lowest BCUT2D eigenvalue weighted by Crippen LogP contribution is -2.63. The van der Waals surface area contributed by atoms with Gasteiger partial charge in [0.05, 0.1) is 13.2 Å². The van der Waals surface area contributed by atoms with Crippen LogP contribution in [0.3, 0.4) is 0 Å². The average Bonchev–Trinajstić information content (AvgIpc) is 2.55. The molecule has 2 aliphatic heterocycles. The molecule has 0 aromatic rings. The molecule has 2 heterocycles. The minimum absolute atomic E-state index is 0.667. The van der Waals surface area contributed by atoms with E-state index in [1.54, 1.807) is 0 Å². The second kappa shape index (κ2) is 7.63. The van der Waals surface area contributed by atoms with Crippen molar-refractivity contribution in [2.24, 2.45) is 0 Å². The lowest BCUT2D eigenvalue weighted by molar-refractivity contribution is -0.376. The molecule has 0 amide bonds. The molecule has 0 aromatic carbocycles. The van der Waals surface area contributed by atoms with E-state index in [0.717, 1.165) is 0 Å². The third kappa shape index (κ3) is 3.65. The molecule has 136 valence electrons. The topological polar surface area (TPSA) is 190 Å². The Bertz CT molecular complexity index is 344. The average molecular weight is 342 g/mol. The van der Waals surface area contributed by atoms with Crippen molar-refractivity contribution in [3.8, 4) is 0 Å². The van der Waals surface area contributed by atoms with Gasteiger partial charge >= 0.3 is 0 Å². The summed E-state index contributed by atoms with van der Waals surface area (Å²) in [5, 5.41) is 76.4. The van der Waals surface area contributed by atoms with Crippen LogP contribution in [-0.2, 0) is 14.2 Å². The van der Waals surface area contributed by atoms with Crippen LogP contribution in [0.25, 0.3) is 0 Å². The van der Waals surface area contributed by atoms with Crippen molar-refractivity contribution in [1.82, 2.24) is 0 Å². The summed E-state index contributed by atoms with van der Waals surface area (Å²) in [5.41, 5.74) is 0. The Hall–Kier alpha value is -0.440. The van der Waals surface area contributed by atoms with Crippen LogP contribution in [0.4, 0.5) is 0 Å². The maximum Gasteiger partial charge on any atom is 0.189 e. The molecule has 2 rings (SSSR count). The molecular weight excluding hydrogens is 320 g/mol. The summed E-state index contributed by atoms with van der Waals surface area (Å²) in [4.78, 5) is 0. The molecule has 2 fully saturated rings. The van der Waals surface area contributed by atoms with Gasteiger partial charge in [0.1, 0.15) is 48.8 Å². The van der Waals surface area contributed by atoms with Gasteiger partial charge < -0.3 is 55.1 Å². The van der Waals surface area contributed by atoms with Gasteiger partial charge in [-0.05, 0) is 0 Å². The standard InChI is InChI=1S/C12H22O11/c13-1-3-5(15)7(17)9(19)11(21-3)23-12-10(20)8(18)6(16)4(2-14)22-12/h3-20H,1-2H2/t3-,4-,5+,6+,7-,8+,9-,10+,11-,12+/m0/s1. The van der Waals surface area contributed by atoms with E-state index in [-0.39, 0.29) is 0 Å². The van der Waals surface area contributed by atoms with Gasteiger partial charge in [0.15, 0.2) is 12.6 Å². The van der Waals surface area contributed by atoms with E-state index in [0.29, 0.717) is 0 Å². The molecule has 11 heteroatoms. The zero-order valence-corrected chi connectivity index (χ0v) is 12.0. The summed E-state index contributed by atoms with van der Waals surface area (Å²) >= 11 is 0. The number of ether oxygens (including phenoxy) is 3. The van der Waals surface area contributed by atoms with Gasteiger partial charge in [0.25, 0.3) is 0 Å². The maximum absolute atomic E-state index is 9.84. The first-order valence-corrected chi connectivity index (χ1v) is 7.08. The van der Waals surface area contributed by atoms with Crippen LogP contribution in [0.1, 0.15) is 0 Å². The molecule has 2 saturated heterocycles. The molecule has 0 unspecified atom stereocenters. The maximum atomic E-state index is 9.84. The first kappa shape index (κ1) is 18.9. The smallest absolute Gasteiger partial charge is 0.189 e. The Morgan fingerprint density at radius 1 is 0.565 bits per heavy atom.